The minimum atomic E-state index is -1.31. The Hall–Kier alpha value is -3.38. The summed E-state index contributed by atoms with van der Waals surface area (Å²) in [5.41, 5.74) is 0.484. The molecule has 1 fully saturated rings. The van der Waals surface area contributed by atoms with Gasteiger partial charge in [-0.25, -0.2) is 14.4 Å². The van der Waals surface area contributed by atoms with Crippen molar-refractivity contribution < 1.29 is 23.8 Å². The zero-order chi connectivity index (χ0) is 27.4. The molecule has 2 aromatic carbocycles. The number of likely N-dealkylation sites (N-methyl/N-ethyl adjacent to an activating group) is 1. The van der Waals surface area contributed by atoms with Crippen molar-refractivity contribution in [3.8, 4) is 5.75 Å². The SMILES string of the molecule is COc1cc2ncnc(Nc3cccc(Cl)c3F)c2cc1CN(C)C1(C(=O)NC(=O)[C@H](C)O)CCNCC1. The van der Waals surface area contributed by atoms with E-state index < -0.39 is 29.3 Å². The van der Waals surface area contributed by atoms with Crippen LogP contribution in [0.4, 0.5) is 15.9 Å². The third-order valence-electron chi connectivity index (χ3n) is 6.85. The average Bonchev–Trinajstić information content (AvgIpc) is 2.91. The fourth-order valence-corrected chi connectivity index (χ4v) is 4.81. The number of nitrogens with one attached hydrogen (secondary N) is 3. The smallest absolute Gasteiger partial charge is 0.255 e. The normalized spacial score (nSPS) is 15.8. The first-order chi connectivity index (χ1) is 18.2. The number of carbonyl (C=O) groups excluding carboxylic acids is 2. The van der Waals surface area contributed by atoms with Gasteiger partial charge < -0.3 is 20.5 Å². The van der Waals surface area contributed by atoms with Crippen LogP contribution in [0.15, 0.2) is 36.7 Å². The minimum absolute atomic E-state index is 0.0167. The molecule has 0 aliphatic carbocycles. The van der Waals surface area contributed by atoms with Crippen LogP contribution in [0, 0.1) is 5.82 Å². The van der Waals surface area contributed by atoms with E-state index in [0.717, 1.165) is 5.56 Å². The lowest BCUT2D eigenvalue weighted by atomic mass is 9.85. The van der Waals surface area contributed by atoms with Gasteiger partial charge in [-0.3, -0.25) is 19.8 Å². The maximum Gasteiger partial charge on any atom is 0.255 e. The van der Waals surface area contributed by atoms with Crippen molar-refractivity contribution in [3.63, 3.8) is 0 Å². The summed E-state index contributed by atoms with van der Waals surface area (Å²) < 4.78 is 20.2. The topological polar surface area (TPSA) is 129 Å². The number of fused-ring (bicyclic) bond motifs is 1. The van der Waals surface area contributed by atoms with Crippen molar-refractivity contribution >= 4 is 45.8 Å². The van der Waals surface area contributed by atoms with E-state index in [1.807, 2.05) is 18.0 Å². The molecule has 0 bridgehead atoms. The fourth-order valence-electron chi connectivity index (χ4n) is 4.63. The highest BCUT2D eigenvalue weighted by molar-refractivity contribution is 6.31. The van der Waals surface area contributed by atoms with Gasteiger partial charge in [0.1, 0.15) is 29.5 Å². The lowest BCUT2D eigenvalue weighted by Gasteiger charge is -2.43. The van der Waals surface area contributed by atoms with Crippen molar-refractivity contribution in [2.75, 3.05) is 32.6 Å². The number of benzene rings is 2. The Morgan fingerprint density at radius 1 is 1.29 bits per heavy atom. The molecule has 0 radical (unpaired) electrons. The molecule has 2 amide bonds. The molecular formula is C26H30ClFN6O4. The summed E-state index contributed by atoms with van der Waals surface area (Å²) in [5.74, 6) is -0.882. The number of amides is 2. The van der Waals surface area contributed by atoms with E-state index in [1.165, 1.54) is 19.3 Å². The van der Waals surface area contributed by atoms with Gasteiger partial charge >= 0.3 is 0 Å². The monoisotopic (exact) mass is 544 g/mol. The van der Waals surface area contributed by atoms with Crippen LogP contribution in [0.1, 0.15) is 25.3 Å². The van der Waals surface area contributed by atoms with Gasteiger partial charge in [0.05, 0.1) is 23.3 Å². The summed E-state index contributed by atoms with van der Waals surface area (Å²) in [6.07, 6.45) is 0.982. The maximum absolute atomic E-state index is 14.6. The van der Waals surface area contributed by atoms with E-state index >= 15 is 0 Å². The quantitative estimate of drug-likeness (QED) is 0.338. The largest absolute Gasteiger partial charge is 0.496 e. The van der Waals surface area contributed by atoms with Crippen molar-refractivity contribution in [1.82, 2.24) is 25.5 Å². The van der Waals surface area contributed by atoms with Gasteiger partial charge in [0.15, 0.2) is 5.82 Å². The molecule has 1 atom stereocenters. The number of nitrogens with zero attached hydrogens (tertiary/aromatic N) is 3. The molecule has 12 heteroatoms. The summed E-state index contributed by atoms with van der Waals surface area (Å²) in [6.45, 7) is 2.77. The maximum atomic E-state index is 14.6. The van der Waals surface area contributed by atoms with E-state index in [9.17, 15) is 19.1 Å². The number of ether oxygens (including phenoxy) is 1. The summed E-state index contributed by atoms with van der Waals surface area (Å²) in [7, 11) is 3.35. The molecule has 1 aromatic heterocycles. The van der Waals surface area contributed by atoms with Gasteiger partial charge in [-0.15, -0.1) is 0 Å². The zero-order valence-electron chi connectivity index (χ0n) is 21.3. The second kappa shape index (κ2) is 11.6. The Morgan fingerprint density at radius 2 is 2.03 bits per heavy atom. The highest BCUT2D eigenvalue weighted by Crippen LogP contribution is 2.34. The van der Waals surface area contributed by atoms with E-state index in [2.05, 4.69) is 25.9 Å². The Labute approximate surface area is 224 Å². The third kappa shape index (κ3) is 5.56. The molecule has 1 aliphatic heterocycles. The van der Waals surface area contributed by atoms with Crippen molar-refractivity contribution in [1.29, 1.82) is 0 Å². The van der Waals surface area contributed by atoms with Gasteiger partial charge in [-0.1, -0.05) is 17.7 Å². The van der Waals surface area contributed by atoms with Crippen LogP contribution in [0.25, 0.3) is 10.9 Å². The van der Waals surface area contributed by atoms with E-state index in [1.54, 1.807) is 25.3 Å². The van der Waals surface area contributed by atoms with Gasteiger partial charge in [-0.05, 0) is 58.1 Å². The van der Waals surface area contributed by atoms with Crippen LogP contribution in [0.5, 0.6) is 5.75 Å². The fraction of sp³-hybridized carbons (Fsp3) is 0.385. The second-order valence-corrected chi connectivity index (χ2v) is 9.67. The van der Waals surface area contributed by atoms with Gasteiger partial charge in [-0.2, -0.15) is 0 Å². The number of methoxy groups -OCH3 is 1. The Bertz CT molecular complexity index is 1350. The Kier molecular flexibility index (Phi) is 8.41. The summed E-state index contributed by atoms with van der Waals surface area (Å²) in [5, 5.41) is 18.8. The first kappa shape index (κ1) is 27.6. The molecule has 4 rings (SSSR count). The Balaban J connectivity index is 1.70. The van der Waals surface area contributed by atoms with Crippen LogP contribution in [-0.4, -0.2) is 70.7 Å². The highest BCUT2D eigenvalue weighted by atomic mass is 35.5. The number of anilines is 2. The number of imide groups is 1. The number of aliphatic hydroxyl groups excluding tert-OH is 1. The number of halogens is 2. The second-order valence-electron chi connectivity index (χ2n) is 9.26. The molecule has 0 saturated carbocycles. The summed E-state index contributed by atoms with van der Waals surface area (Å²) in [4.78, 5) is 36.0. The molecular weight excluding hydrogens is 515 g/mol. The number of aromatic nitrogens is 2. The molecule has 1 saturated heterocycles. The van der Waals surface area contributed by atoms with Crippen molar-refractivity contribution in [2.24, 2.45) is 0 Å². The number of hydrogen-bond donors (Lipinski definition) is 4. The number of rotatable bonds is 8. The average molecular weight is 545 g/mol. The van der Waals surface area contributed by atoms with Gasteiger partial charge in [0, 0.05) is 23.6 Å². The standard InChI is InChI=1S/C26H30ClFN6O4/c1-15(35)24(36)33-25(37)26(7-9-29-10-8-26)34(2)13-16-11-17-20(12-21(16)38-3)30-14-31-23(17)32-19-6-4-5-18(27)22(19)28/h4-6,11-12,14-15,29,35H,7-10,13H2,1-3H3,(H,30,31,32)(H,33,36,37)/t15-/m0/s1. The first-order valence-electron chi connectivity index (χ1n) is 12.1. The molecule has 0 unspecified atom stereocenters. The van der Waals surface area contributed by atoms with Gasteiger partial charge in [0.25, 0.3) is 5.91 Å². The predicted octanol–water partition coefficient (Wildman–Crippen LogP) is 2.75. The van der Waals surface area contributed by atoms with E-state index in [-0.39, 0.29) is 17.3 Å². The number of hydrogen-bond acceptors (Lipinski definition) is 9. The lowest BCUT2D eigenvalue weighted by Crippen LogP contribution is -2.62. The molecule has 1 aliphatic rings. The summed E-state index contributed by atoms with van der Waals surface area (Å²) in [6, 6.07) is 8.24. The van der Waals surface area contributed by atoms with E-state index in [0.29, 0.717) is 48.4 Å². The van der Waals surface area contributed by atoms with Gasteiger partial charge in [0.2, 0.25) is 5.91 Å². The van der Waals surface area contributed by atoms with Crippen LogP contribution in [0.3, 0.4) is 0 Å². The van der Waals surface area contributed by atoms with E-state index in [4.69, 9.17) is 16.3 Å². The minimum Gasteiger partial charge on any atom is -0.496 e. The molecule has 4 N–H and O–H groups in total. The van der Waals surface area contributed by atoms with Crippen LogP contribution in [0.2, 0.25) is 5.02 Å². The lowest BCUT2D eigenvalue weighted by molar-refractivity contribution is -0.143. The molecule has 10 nitrogen and oxygen atoms in total. The summed E-state index contributed by atoms with van der Waals surface area (Å²) >= 11 is 5.94. The van der Waals surface area contributed by atoms with Crippen LogP contribution in [-0.2, 0) is 16.1 Å². The molecule has 38 heavy (non-hydrogen) atoms. The number of carbonyl (C=O) groups is 2. The zero-order valence-corrected chi connectivity index (χ0v) is 22.1. The van der Waals surface area contributed by atoms with Crippen molar-refractivity contribution in [2.45, 2.75) is 38.0 Å². The predicted molar refractivity (Wildman–Crippen MR) is 142 cm³/mol. The number of aliphatic hydroxyl groups is 1. The third-order valence-corrected chi connectivity index (χ3v) is 7.14. The highest BCUT2D eigenvalue weighted by Gasteiger charge is 2.44. The molecule has 2 heterocycles. The van der Waals surface area contributed by atoms with Crippen LogP contribution < -0.4 is 20.7 Å². The molecule has 202 valence electrons. The first-order valence-corrected chi connectivity index (χ1v) is 12.5. The number of piperidine rings is 1. The molecule has 3 aromatic rings. The molecule has 0 spiro atoms. The van der Waals surface area contributed by atoms with Crippen molar-refractivity contribution in [3.05, 3.63) is 53.1 Å². The van der Waals surface area contributed by atoms with Crippen LogP contribution >= 0.6 is 11.6 Å². The Morgan fingerprint density at radius 3 is 2.71 bits per heavy atom.